The van der Waals surface area contributed by atoms with Crippen LogP contribution in [-0.2, 0) is 0 Å². The summed E-state index contributed by atoms with van der Waals surface area (Å²) in [5.41, 5.74) is 3.43. The molecule has 0 aliphatic carbocycles. The van der Waals surface area contributed by atoms with Gasteiger partial charge in [-0.3, -0.25) is 0 Å². The molecular formula is C14H20N4. The molecule has 2 aromatic heterocycles. The Hall–Kier alpha value is -1.84. The predicted molar refractivity (Wildman–Crippen MR) is 74.4 cm³/mol. The smallest absolute Gasteiger partial charge is 0.156 e. The van der Waals surface area contributed by atoms with Gasteiger partial charge in [0.1, 0.15) is 5.82 Å². The van der Waals surface area contributed by atoms with Crippen LogP contribution in [-0.4, -0.2) is 21.3 Å². The third-order valence-electron chi connectivity index (χ3n) is 3.16. The molecule has 0 unspecified atom stereocenters. The molecule has 0 radical (unpaired) electrons. The van der Waals surface area contributed by atoms with E-state index in [2.05, 4.69) is 36.2 Å². The molecule has 0 bridgehead atoms. The summed E-state index contributed by atoms with van der Waals surface area (Å²) in [6.07, 6.45) is 1.09. The monoisotopic (exact) mass is 244 g/mol. The molecule has 2 rings (SSSR count). The summed E-state index contributed by atoms with van der Waals surface area (Å²) in [4.78, 5) is 4.59. The van der Waals surface area contributed by atoms with Crippen molar-refractivity contribution in [1.82, 2.24) is 14.8 Å². The first kappa shape index (κ1) is 12.6. The van der Waals surface area contributed by atoms with Crippen molar-refractivity contribution < 1.29 is 0 Å². The van der Waals surface area contributed by atoms with Crippen molar-refractivity contribution in [2.45, 2.75) is 34.1 Å². The molecule has 0 saturated carbocycles. The zero-order valence-corrected chi connectivity index (χ0v) is 11.5. The molecule has 2 aromatic rings. The highest BCUT2D eigenvalue weighted by atomic mass is 15.3. The third-order valence-corrected chi connectivity index (χ3v) is 3.16. The molecule has 4 heteroatoms. The van der Waals surface area contributed by atoms with Crippen LogP contribution in [0.5, 0.6) is 0 Å². The van der Waals surface area contributed by atoms with Gasteiger partial charge in [0.15, 0.2) is 5.82 Å². The number of rotatable bonds is 4. The van der Waals surface area contributed by atoms with Gasteiger partial charge in [-0.2, -0.15) is 5.10 Å². The van der Waals surface area contributed by atoms with Gasteiger partial charge in [0.25, 0.3) is 0 Å². The average Bonchev–Trinajstić information content (AvgIpc) is 2.64. The second kappa shape index (κ2) is 5.21. The first-order valence-corrected chi connectivity index (χ1v) is 6.37. The first-order chi connectivity index (χ1) is 8.63. The van der Waals surface area contributed by atoms with E-state index in [0.29, 0.717) is 0 Å². The van der Waals surface area contributed by atoms with Gasteiger partial charge >= 0.3 is 0 Å². The first-order valence-electron chi connectivity index (χ1n) is 6.37. The van der Waals surface area contributed by atoms with Gasteiger partial charge in [-0.25, -0.2) is 9.67 Å². The molecule has 0 atom stereocenters. The van der Waals surface area contributed by atoms with Crippen molar-refractivity contribution in [3.63, 3.8) is 0 Å². The number of aromatic nitrogens is 3. The van der Waals surface area contributed by atoms with Crippen molar-refractivity contribution in [2.24, 2.45) is 0 Å². The minimum Gasteiger partial charge on any atom is -0.370 e. The quantitative estimate of drug-likeness (QED) is 0.899. The number of aryl methyl sites for hydroxylation is 1. The van der Waals surface area contributed by atoms with Crippen LogP contribution in [0.1, 0.15) is 30.3 Å². The fourth-order valence-corrected chi connectivity index (χ4v) is 1.84. The molecule has 0 spiro atoms. The van der Waals surface area contributed by atoms with Crippen LogP contribution < -0.4 is 5.32 Å². The van der Waals surface area contributed by atoms with Crippen molar-refractivity contribution >= 4 is 5.82 Å². The van der Waals surface area contributed by atoms with E-state index < -0.39 is 0 Å². The molecule has 4 nitrogen and oxygen atoms in total. The molecule has 96 valence electrons. The summed E-state index contributed by atoms with van der Waals surface area (Å²) >= 11 is 0. The number of hydrogen-bond acceptors (Lipinski definition) is 3. The van der Waals surface area contributed by atoms with E-state index in [-0.39, 0.29) is 0 Å². The van der Waals surface area contributed by atoms with Crippen LogP contribution in [0, 0.1) is 20.8 Å². The predicted octanol–water partition coefficient (Wildman–Crippen LogP) is 3.01. The van der Waals surface area contributed by atoms with Crippen LogP contribution >= 0.6 is 0 Å². The third kappa shape index (κ3) is 2.37. The lowest BCUT2D eigenvalue weighted by Crippen LogP contribution is -2.06. The van der Waals surface area contributed by atoms with E-state index in [4.69, 9.17) is 0 Å². The molecule has 1 N–H and O–H groups in total. The van der Waals surface area contributed by atoms with Crippen LogP contribution in [0.15, 0.2) is 18.2 Å². The van der Waals surface area contributed by atoms with E-state index >= 15 is 0 Å². The fourth-order valence-electron chi connectivity index (χ4n) is 1.84. The maximum Gasteiger partial charge on any atom is 0.156 e. The zero-order valence-electron chi connectivity index (χ0n) is 11.5. The van der Waals surface area contributed by atoms with E-state index in [9.17, 15) is 0 Å². The number of anilines is 1. The summed E-state index contributed by atoms with van der Waals surface area (Å²) in [6.45, 7) is 9.27. The Balaban J connectivity index is 2.35. The van der Waals surface area contributed by atoms with Gasteiger partial charge in [-0.05, 0) is 44.9 Å². The highest BCUT2D eigenvalue weighted by Crippen LogP contribution is 2.16. The average molecular weight is 244 g/mol. The minimum absolute atomic E-state index is 0.866. The van der Waals surface area contributed by atoms with Gasteiger partial charge in [-0.15, -0.1) is 0 Å². The molecule has 18 heavy (non-hydrogen) atoms. The summed E-state index contributed by atoms with van der Waals surface area (Å²) in [5.74, 6) is 1.77. The van der Waals surface area contributed by atoms with Gasteiger partial charge in [0.2, 0.25) is 0 Å². The number of hydrogen-bond donors (Lipinski definition) is 1. The molecule has 0 amide bonds. The van der Waals surface area contributed by atoms with E-state index in [0.717, 1.165) is 36.0 Å². The molecule has 0 aliphatic heterocycles. The Morgan fingerprint density at radius 2 is 2.00 bits per heavy atom. The summed E-state index contributed by atoms with van der Waals surface area (Å²) in [5, 5.41) is 7.82. The Kier molecular flexibility index (Phi) is 3.65. The van der Waals surface area contributed by atoms with Gasteiger partial charge in [0.05, 0.1) is 5.69 Å². The zero-order chi connectivity index (χ0) is 13.1. The van der Waals surface area contributed by atoms with E-state index in [1.165, 1.54) is 5.56 Å². The number of nitrogens with zero attached hydrogens (tertiary/aromatic N) is 3. The summed E-state index contributed by atoms with van der Waals surface area (Å²) in [7, 11) is 0. The molecule has 0 saturated heterocycles. The molecule has 0 fully saturated rings. The second-order valence-electron chi connectivity index (χ2n) is 4.52. The van der Waals surface area contributed by atoms with Crippen molar-refractivity contribution in [1.29, 1.82) is 0 Å². The topological polar surface area (TPSA) is 42.7 Å². The molecular weight excluding hydrogens is 224 g/mol. The standard InChI is InChI=1S/C14H20N4/c1-5-9-15-13-7-6-8-14(16-13)18-12(4)10(2)11(3)17-18/h6-8H,5,9H2,1-4H3,(H,15,16). The van der Waals surface area contributed by atoms with Crippen LogP contribution in [0.4, 0.5) is 5.82 Å². The highest BCUT2D eigenvalue weighted by Gasteiger charge is 2.09. The van der Waals surface area contributed by atoms with Crippen LogP contribution in [0.3, 0.4) is 0 Å². The minimum atomic E-state index is 0.866. The largest absolute Gasteiger partial charge is 0.370 e. The Bertz CT molecular complexity index is 543. The van der Waals surface area contributed by atoms with Crippen molar-refractivity contribution in [3.05, 3.63) is 35.2 Å². The van der Waals surface area contributed by atoms with Crippen LogP contribution in [0.2, 0.25) is 0 Å². The maximum absolute atomic E-state index is 4.59. The SMILES string of the molecule is CCCNc1cccc(-n2nc(C)c(C)c2C)n1. The Morgan fingerprint density at radius 1 is 1.22 bits per heavy atom. The fraction of sp³-hybridized carbons (Fsp3) is 0.429. The van der Waals surface area contributed by atoms with Gasteiger partial charge < -0.3 is 5.32 Å². The molecule has 0 aromatic carbocycles. The lowest BCUT2D eigenvalue weighted by Gasteiger charge is -2.07. The second-order valence-corrected chi connectivity index (χ2v) is 4.52. The number of pyridine rings is 1. The van der Waals surface area contributed by atoms with Gasteiger partial charge in [-0.1, -0.05) is 13.0 Å². The number of nitrogens with one attached hydrogen (secondary N) is 1. The Morgan fingerprint density at radius 3 is 2.61 bits per heavy atom. The van der Waals surface area contributed by atoms with Crippen LogP contribution in [0.25, 0.3) is 5.82 Å². The normalized spacial score (nSPS) is 10.7. The van der Waals surface area contributed by atoms with Crippen molar-refractivity contribution in [2.75, 3.05) is 11.9 Å². The lowest BCUT2D eigenvalue weighted by molar-refractivity contribution is 0.805. The summed E-state index contributed by atoms with van der Waals surface area (Å²) in [6, 6.07) is 5.97. The Labute approximate surface area is 108 Å². The summed E-state index contributed by atoms with van der Waals surface area (Å²) < 4.78 is 1.90. The highest BCUT2D eigenvalue weighted by molar-refractivity contribution is 5.41. The maximum atomic E-state index is 4.59. The lowest BCUT2D eigenvalue weighted by atomic mass is 10.2. The van der Waals surface area contributed by atoms with Gasteiger partial charge in [0, 0.05) is 12.2 Å². The molecule has 0 aliphatic rings. The molecule has 2 heterocycles. The van der Waals surface area contributed by atoms with Crippen molar-refractivity contribution in [3.8, 4) is 5.82 Å². The van der Waals surface area contributed by atoms with E-state index in [1.54, 1.807) is 0 Å². The van der Waals surface area contributed by atoms with E-state index in [1.807, 2.05) is 29.8 Å².